The van der Waals surface area contributed by atoms with Crippen molar-refractivity contribution in [3.8, 4) is 17.2 Å². The number of fused-ring (bicyclic) bond motifs is 1. The first-order valence-corrected chi connectivity index (χ1v) is 12.4. The normalized spacial score (nSPS) is 19.8. The Labute approximate surface area is 220 Å². The summed E-state index contributed by atoms with van der Waals surface area (Å²) in [5.74, 6) is 1.03. The van der Waals surface area contributed by atoms with Crippen molar-refractivity contribution >= 4 is 17.7 Å². The monoisotopic (exact) mass is 518 g/mol. The van der Waals surface area contributed by atoms with Crippen LogP contribution in [0.15, 0.2) is 83.5 Å². The number of methoxy groups -OCH3 is 2. The molecule has 1 saturated carbocycles. The Morgan fingerprint density at radius 2 is 1.66 bits per heavy atom. The van der Waals surface area contributed by atoms with Crippen molar-refractivity contribution in [3.63, 3.8) is 0 Å². The van der Waals surface area contributed by atoms with Gasteiger partial charge in [-0.25, -0.2) is 5.01 Å². The molecule has 0 aromatic heterocycles. The van der Waals surface area contributed by atoms with Gasteiger partial charge in [-0.3, -0.25) is 4.79 Å². The van der Waals surface area contributed by atoms with E-state index in [1.165, 1.54) is 23.2 Å². The lowest BCUT2D eigenvalue weighted by Gasteiger charge is -2.29. The molecule has 0 radical (unpaired) electrons. The fraction of sp³-hybridized carbons (Fsp3) is 0.267. The largest absolute Gasteiger partial charge is 0.497 e. The molecule has 2 atom stereocenters. The highest BCUT2D eigenvalue weighted by Gasteiger charge is 2.44. The van der Waals surface area contributed by atoms with E-state index < -0.39 is 6.61 Å². The number of carbonyl (C=O) groups excluding carboxylic acids is 1. The number of allylic oxidation sites excluding steroid dienone is 1. The van der Waals surface area contributed by atoms with Crippen molar-refractivity contribution in [2.75, 3.05) is 14.2 Å². The van der Waals surface area contributed by atoms with E-state index >= 15 is 0 Å². The number of halogens is 2. The molecule has 1 aliphatic carbocycles. The van der Waals surface area contributed by atoms with Crippen molar-refractivity contribution in [2.24, 2.45) is 11.0 Å². The van der Waals surface area contributed by atoms with Crippen LogP contribution >= 0.6 is 0 Å². The van der Waals surface area contributed by atoms with Gasteiger partial charge in [-0.05, 0) is 84.5 Å². The van der Waals surface area contributed by atoms with Gasteiger partial charge in [-0.15, -0.1) is 0 Å². The molecule has 1 fully saturated rings. The topological polar surface area (TPSA) is 60.4 Å². The van der Waals surface area contributed by atoms with E-state index in [4.69, 9.17) is 14.6 Å². The maximum atomic E-state index is 13.8. The Morgan fingerprint density at radius 1 is 0.974 bits per heavy atom. The molecule has 8 heteroatoms. The maximum absolute atomic E-state index is 13.8. The van der Waals surface area contributed by atoms with Gasteiger partial charge in [0.2, 0.25) is 0 Å². The maximum Gasteiger partial charge on any atom is 0.387 e. The van der Waals surface area contributed by atoms with Crippen molar-refractivity contribution in [3.05, 3.63) is 95.1 Å². The Kier molecular flexibility index (Phi) is 7.40. The fourth-order valence-corrected chi connectivity index (χ4v) is 5.14. The van der Waals surface area contributed by atoms with Crippen LogP contribution in [-0.2, 0) is 0 Å². The van der Waals surface area contributed by atoms with Gasteiger partial charge in [0.05, 0.1) is 26.0 Å². The van der Waals surface area contributed by atoms with Gasteiger partial charge in [0, 0.05) is 11.5 Å². The van der Waals surface area contributed by atoms with Crippen molar-refractivity contribution in [1.82, 2.24) is 5.01 Å². The minimum Gasteiger partial charge on any atom is -0.497 e. The first-order chi connectivity index (χ1) is 18.5. The average Bonchev–Trinajstić information content (AvgIpc) is 3.33. The summed E-state index contributed by atoms with van der Waals surface area (Å²) in [5, 5.41) is 6.37. The molecule has 6 nitrogen and oxygen atoms in total. The number of nitrogens with zero attached hydrogens (tertiary/aromatic N) is 2. The smallest absolute Gasteiger partial charge is 0.387 e. The van der Waals surface area contributed by atoms with E-state index in [9.17, 15) is 13.6 Å². The van der Waals surface area contributed by atoms with Crippen LogP contribution in [-0.4, -0.2) is 37.5 Å². The molecule has 3 aromatic carbocycles. The van der Waals surface area contributed by atoms with Gasteiger partial charge in [0.15, 0.2) is 0 Å². The third kappa shape index (κ3) is 5.25. The highest BCUT2D eigenvalue weighted by atomic mass is 19.3. The molecule has 0 saturated heterocycles. The average molecular weight is 519 g/mol. The predicted octanol–water partition coefficient (Wildman–Crippen LogP) is 6.74. The third-order valence-corrected chi connectivity index (χ3v) is 6.93. The van der Waals surface area contributed by atoms with Gasteiger partial charge >= 0.3 is 6.61 Å². The summed E-state index contributed by atoms with van der Waals surface area (Å²) in [7, 11) is 3.24. The first kappa shape index (κ1) is 25.4. The molecule has 38 heavy (non-hydrogen) atoms. The summed E-state index contributed by atoms with van der Waals surface area (Å²) < 4.78 is 40.7. The van der Waals surface area contributed by atoms with E-state index in [2.05, 4.69) is 10.8 Å². The number of amides is 1. The summed E-state index contributed by atoms with van der Waals surface area (Å²) in [5.41, 5.74) is 4.13. The molecule has 0 N–H and O–H groups in total. The number of ether oxygens (including phenoxy) is 3. The van der Waals surface area contributed by atoms with E-state index in [1.807, 2.05) is 48.5 Å². The molecular formula is C30H28F2N2O4. The highest BCUT2D eigenvalue weighted by Crippen LogP contribution is 2.45. The molecule has 5 rings (SSSR count). The van der Waals surface area contributed by atoms with E-state index in [-0.39, 0.29) is 29.2 Å². The molecule has 0 spiro atoms. The first-order valence-electron chi connectivity index (χ1n) is 12.4. The van der Waals surface area contributed by atoms with Crippen molar-refractivity contribution in [2.45, 2.75) is 31.9 Å². The fourth-order valence-electron chi connectivity index (χ4n) is 5.14. The Bertz CT molecular complexity index is 1350. The highest BCUT2D eigenvalue weighted by molar-refractivity contribution is 6.09. The summed E-state index contributed by atoms with van der Waals surface area (Å²) in [6.07, 6.45) is 4.78. The minimum atomic E-state index is -2.98. The SMILES string of the molecule is COc1ccc(/C=C2\CCC[C@@H]3C2=NN(C(=O)c2cccc(OC(F)F)c2)[C@@H]3c2ccc(OC)cc2)cc1. The van der Waals surface area contributed by atoms with Gasteiger partial charge in [-0.1, -0.05) is 30.3 Å². The zero-order valence-corrected chi connectivity index (χ0v) is 21.1. The standard InChI is InChI=1S/C30H28F2N2O4/c1-36-23-13-9-19(10-14-23)17-21-5-4-8-26-27(21)33-34(28(26)20-11-15-24(37-2)16-12-20)29(35)22-6-3-7-25(18-22)38-30(31)32/h3,6-7,9-18,26,28,30H,4-5,8H2,1-2H3/b21-17+/t26-,28-/m1/s1. The lowest BCUT2D eigenvalue weighted by atomic mass is 9.77. The summed E-state index contributed by atoms with van der Waals surface area (Å²) in [4.78, 5) is 13.8. The second-order valence-electron chi connectivity index (χ2n) is 9.20. The van der Waals surface area contributed by atoms with Crippen LogP contribution in [0.2, 0.25) is 0 Å². The van der Waals surface area contributed by atoms with E-state index in [1.54, 1.807) is 20.3 Å². The number of alkyl halides is 2. The van der Waals surface area contributed by atoms with Gasteiger partial charge in [-0.2, -0.15) is 13.9 Å². The van der Waals surface area contributed by atoms with Crippen molar-refractivity contribution in [1.29, 1.82) is 0 Å². The van der Waals surface area contributed by atoms with Crippen LogP contribution in [0.4, 0.5) is 8.78 Å². The van der Waals surface area contributed by atoms with E-state index in [0.29, 0.717) is 5.75 Å². The molecule has 1 heterocycles. The minimum absolute atomic E-state index is 0.00825. The molecule has 0 bridgehead atoms. The zero-order valence-electron chi connectivity index (χ0n) is 21.1. The van der Waals surface area contributed by atoms with Gasteiger partial charge < -0.3 is 14.2 Å². The Hall–Kier alpha value is -4.20. The summed E-state index contributed by atoms with van der Waals surface area (Å²) >= 11 is 0. The van der Waals surface area contributed by atoms with E-state index in [0.717, 1.165) is 47.4 Å². The molecule has 0 unspecified atom stereocenters. The number of hydrogen-bond donors (Lipinski definition) is 0. The lowest BCUT2D eigenvalue weighted by Crippen LogP contribution is -2.32. The van der Waals surface area contributed by atoms with Crippen LogP contribution < -0.4 is 14.2 Å². The number of hydrogen-bond acceptors (Lipinski definition) is 5. The third-order valence-electron chi connectivity index (χ3n) is 6.93. The Morgan fingerprint density at radius 3 is 2.32 bits per heavy atom. The molecular weight excluding hydrogens is 490 g/mol. The molecule has 196 valence electrons. The van der Waals surface area contributed by atoms with Crippen LogP contribution in [0.5, 0.6) is 17.2 Å². The zero-order chi connectivity index (χ0) is 26.6. The number of benzene rings is 3. The molecule has 1 amide bonds. The Balaban J connectivity index is 1.54. The predicted molar refractivity (Wildman–Crippen MR) is 141 cm³/mol. The van der Waals surface area contributed by atoms with Gasteiger partial charge in [0.1, 0.15) is 17.2 Å². The van der Waals surface area contributed by atoms with Crippen LogP contribution in [0.3, 0.4) is 0 Å². The van der Waals surface area contributed by atoms with Crippen LogP contribution in [0, 0.1) is 5.92 Å². The lowest BCUT2D eigenvalue weighted by molar-refractivity contribution is -0.0499. The second-order valence-corrected chi connectivity index (χ2v) is 9.20. The van der Waals surface area contributed by atoms with Crippen LogP contribution in [0.25, 0.3) is 6.08 Å². The van der Waals surface area contributed by atoms with Crippen molar-refractivity contribution < 1.29 is 27.8 Å². The summed E-state index contributed by atoms with van der Waals surface area (Å²) in [6, 6.07) is 20.9. The number of rotatable bonds is 7. The number of hydrazone groups is 1. The van der Waals surface area contributed by atoms with Crippen LogP contribution in [0.1, 0.15) is 46.8 Å². The molecule has 1 aliphatic heterocycles. The molecule has 3 aromatic rings. The van der Waals surface area contributed by atoms with Gasteiger partial charge in [0.25, 0.3) is 5.91 Å². The quantitative estimate of drug-likeness (QED) is 0.348. The summed E-state index contributed by atoms with van der Waals surface area (Å²) in [6.45, 7) is -2.98. The molecule has 2 aliphatic rings. The second kappa shape index (κ2) is 11.0. The number of carbonyl (C=O) groups is 1.